The van der Waals surface area contributed by atoms with Gasteiger partial charge in [0.1, 0.15) is 0 Å². The van der Waals surface area contributed by atoms with E-state index in [4.69, 9.17) is 23.2 Å². The van der Waals surface area contributed by atoms with Crippen molar-refractivity contribution in [3.8, 4) is 0 Å². The van der Waals surface area contributed by atoms with E-state index >= 15 is 0 Å². The van der Waals surface area contributed by atoms with Gasteiger partial charge in [-0.15, -0.1) is 0 Å². The van der Waals surface area contributed by atoms with E-state index < -0.39 is 0 Å². The van der Waals surface area contributed by atoms with Crippen molar-refractivity contribution in [3.05, 3.63) is 52.0 Å². The van der Waals surface area contributed by atoms with Gasteiger partial charge in [0.25, 0.3) is 5.91 Å². The van der Waals surface area contributed by atoms with Gasteiger partial charge in [-0.25, -0.2) is 4.98 Å². The highest BCUT2D eigenvalue weighted by Gasteiger charge is 2.12. The van der Waals surface area contributed by atoms with Crippen LogP contribution in [-0.2, 0) is 0 Å². The molecule has 8 heteroatoms. The molecule has 0 radical (unpaired) electrons. The minimum atomic E-state index is -0.294. The number of nitrogens with one attached hydrogen (secondary N) is 2. The van der Waals surface area contributed by atoms with Gasteiger partial charge >= 0.3 is 0 Å². The highest BCUT2D eigenvalue weighted by Crippen LogP contribution is 2.29. The second kappa shape index (κ2) is 8.03. The van der Waals surface area contributed by atoms with Crippen LogP contribution in [0, 0.1) is 0 Å². The summed E-state index contributed by atoms with van der Waals surface area (Å²) < 4.78 is 0.942. The summed E-state index contributed by atoms with van der Waals surface area (Å²) in [6.45, 7) is 4.00. The van der Waals surface area contributed by atoms with E-state index in [1.54, 1.807) is 24.3 Å². The van der Waals surface area contributed by atoms with Crippen molar-refractivity contribution < 1.29 is 4.79 Å². The lowest BCUT2D eigenvalue weighted by Gasteiger charge is -2.07. The maximum Gasteiger partial charge on any atom is 0.257 e. The van der Waals surface area contributed by atoms with Gasteiger partial charge in [0.2, 0.25) is 5.13 Å². The molecule has 0 atom stereocenters. The second-order valence-electron chi connectivity index (χ2n) is 5.59. The predicted molar refractivity (Wildman–Crippen MR) is 111 cm³/mol. The molecule has 134 valence electrons. The molecule has 2 aromatic carbocycles. The van der Waals surface area contributed by atoms with Crippen LogP contribution in [0.4, 0.5) is 10.8 Å². The number of nitrogens with zero attached hydrogens (tertiary/aromatic N) is 2. The van der Waals surface area contributed by atoms with Crippen LogP contribution in [0.1, 0.15) is 30.6 Å². The number of carbonyl (C=O) groups is 1. The summed E-state index contributed by atoms with van der Waals surface area (Å²) in [7, 11) is 0. The predicted octanol–water partition coefficient (Wildman–Crippen LogP) is 6.05. The molecule has 1 aromatic heterocycles. The topological polar surface area (TPSA) is 66.4 Å². The summed E-state index contributed by atoms with van der Waals surface area (Å²) in [5.41, 5.74) is 5.83. The fourth-order valence-electron chi connectivity index (χ4n) is 2.14. The van der Waals surface area contributed by atoms with Crippen LogP contribution >= 0.6 is 34.5 Å². The SMILES string of the molecule is CC/C(C)=N\Nc1nc2ccc(NC(=O)c3ccc(Cl)cc3Cl)cc2s1. The molecule has 0 aliphatic rings. The van der Waals surface area contributed by atoms with Gasteiger partial charge in [-0.05, 0) is 49.7 Å². The summed E-state index contributed by atoms with van der Waals surface area (Å²) in [6, 6.07) is 10.3. The molecule has 1 heterocycles. The second-order valence-corrected chi connectivity index (χ2v) is 7.47. The van der Waals surface area contributed by atoms with Crippen molar-refractivity contribution in [2.45, 2.75) is 20.3 Å². The molecule has 0 unspecified atom stereocenters. The molecule has 0 aliphatic heterocycles. The number of hydrazone groups is 1. The average Bonchev–Trinajstić information content (AvgIpc) is 3.01. The Morgan fingerprint density at radius 3 is 2.77 bits per heavy atom. The number of hydrogen-bond acceptors (Lipinski definition) is 5. The zero-order chi connectivity index (χ0) is 18.7. The molecular weight excluding hydrogens is 391 g/mol. The highest BCUT2D eigenvalue weighted by molar-refractivity contribution is 7.22. The van der Waals surface area contributed by atoms with E-state index in [9.17, 15) is 4.79 Å². The first-order chi connectivity index (χ1) is 12.5. The Morgan fingerprint density at radius 2 is 2.04 bits per heavy atom. The van der Waals surface area contributed by atoms with Crippen molar-refractivity contribution in [3.63, 3.8) is 0 Å². The lowest BCUT2D eigenvalue weighted by molar-refractivity contribution is 0.102. The first-order valence-corrected chi connectivity index (χ1v) is 9.49. The van der Waals surface area contributed by atoms with E-state index in [-0.39, 0.29) is 5.91 Å². The van der Waals surface area contributed by atoms with E-state index in [1.165, 1.54) is 11.3 Å². The number of amides is 1. The Balaban J connectivity index is 1.79. The molecule has 0 bridgehead atoms. The third-order valence-electron chi connectivity index (χ3n) is 3.68. The number of aromatic nitrogens is 1. The van der Waals surface area contributed by atoms with Gasteiger partial charge in [-0.3, -0.25) is 10.2 Å². The van der Waals surface area contributed by atoms with Gasteiger partial charge in [0.05, 0.1) is 20.8 Å². The Labute approximate surface area is 165 Å². The molecule has 26 heavy (non-hydrogen) atoms. The minimum Gasteiger partial charge on any atom is -0.322 e. The first kappa shape index (κ1) is 18.6. The van der Waals surface area contributed by atoms with Crippen LogP contribution in [0.5, 0.6) is 0 Å². The molecule has 3 aromatic rings. The number of carbonyl (C=O) groups excluding carboxylic acids is 1. The van der Waals surface area contributed by atoms with E-state index in [0.29, 0.717) is 26.4 Å². The van der Waals surface area contributed by atoms with Crippen LogP contribution < -0.4 is 10.7 Å². The Kier molecular flexibility index (Phi) is 5.76. The van der Waals surface area contributed by atoms with Crippen LogP contribution in [0.3, 0.4) is 0 Å². The molecule has 3 rings (SSSR count). The largest absolute Gasteiger partial charge is 0.322 e. The van der Waals surface area contributed by atoms with Crippen molar-refractivity contribution in [2.24, 2.45) is 5.10 Å². The smallest absolute Gasteiger partial charge is 0.257 e. The van der Waals surface area contributed by atoms with Crippen molar-refractivity contribution in [1.29, 1.82) is 0 Å². The summed E-state index contributed by atoms with van der Waals surface area (Å²) in [5, 5.41) is 8.60. The lowest BCUT2D eigenvalue weighted by Crippen LogP contribution is -2.12. The number of fused-ring (bicyclic) bond motifs is 1. The summed E-state index contributed by atoms with van der Waals surface area (Å²) in [4.78, 5) is 16.9. The van der Waals surface area contributed by atoms with Crippen LogP contribution in [0.2, 0.25) is 10.0 Å². The fourth-order valence-corrected chi connectivity index (χ4v) is 3.49. The number of hydrogen-bond donors (Lipinski definition) is 2. The van der Waals surface area contributed by atoms with Crippen molar-refractivity contribution in [1.82, 2.24) is 4.98 Å². The van der Waals surface area contributed by atoms with Crippen molar-refractivity contribution >= 4 is 67.2 Å². The maximum absolute atomic E-state index is 12.4. The van der Waals surface area contributed by atoms with Crippen molar-refractivity contribution in [2.75, 3.05) is 10.7 Å². The molecule has 1 amide bonds. The Hall–Kier alpha value is -2.15. The van der Waals surface area contributed by atoms with Gasteiger partial charge in [0.15, 0.2) is 0 Å². The zero-order valence-electron chi connectivity index (χ0n) is 14.1. The Bertz CT molecular complexity index is 1000. The average molecular weight is 407 g/mol. The van der Waals surface area contributed by atoms with Crippen LogP contribution in [-0.4, -0.2) is 16.6 Å². The van der Waals surface area contributed by atoms with Crippen LogP contribution in [0.15, 0.2) is 41.5 Å². The fraction of sp³-hybridized carbons (Fsp3) is 0.167. The summed E-state index contributed by atoms with van der Waals surface area (Å²) >= 11 is 13.4. The van der Waals surface area contributed by atoms with Gasteiger partial charge in [-0.2, -0.15) is 5.10 Å². The molecule has 0 aliphatic carbocycles. The Morgan fingerprint density at radius 1 is 1.23 bits per heavy atom. The van der Waals surface area contributed by atoms with Gasteiger partial charge < -0.3 is 5.32 Å². The van der Waals surface area contributed by atoms with E-state index in [1.807, 2.05) is 26.0 Å². The number of anilines is 2. The number of rotatable bonds is 5. The van der Waals surface area contributed by atoms with E-state index in [2.05, 4.69) is 20.8 Å². The molecule has 0 saturated heterocycles. The standard InChI is InChI=1S/C18H16Cl2N4OS/c1-3-10(2)23-24-18-22-15-7-5-12(9-16(15)26-18)21-17(25)13-6-4-11(19)8-14(13)20/h4-9H,3H2,1-2H3,(H,21,25)(H,22,24)/b23-10-. The molecule has 0 spiro atoms. The monoisotopic (exact) mass is 406 g/mol. The van der Waals surface area contributed by atoms with Gasteiger partial charge in [0, 0.05) is 16.4 Å². The lowest BCUT2D eigenvalue weighted by atomic mass is 10.2. The molecule has 0 fully saturated rings. The maximum atomic E-state index is 12.4. The number of benzene rings is 2. The minimum absolute atomic E-state index is 0.294. The highest BCUT2D eigenvalue weighted by atomic mass is 35.5. The number of thiazole rings is 1. The zero-order valence-corrected chi connectivity index (χ0v) is 16.5. The molecule has 5 nitrogen and oxygen atoms in total. The normalized spacial score (nSPS) is 11.6. The quantitative estimate of drug-likeness (QED) is 0.400. The third-order valence-corrected chi connectivity index (χ3v) is 5.15. The molecule has 0 saturated carbocycles. The van der Waals surface area contributed by atoms with Crippen LogP contribution in [0.25, 0.3) is 10.2 Å². The van der Waals surface area contributed by atoms with E-state index in [0.717, 1.165) is 22.3 Å². The summed E-state index contributed by atoms with van der Waals surface area (Å²) in [5.74, 6) is -0.294. The summed E-state index contributed by atoms with van der Waals surface area (Å²) in [6.07, 6.45) is 0.876. The third kappa shape index (κ3) is 4.33. The first-order valence-electron chi connectivity index (χ1n) is 7.92. The van der Waals surface area contributed by atoms with Gasteiger partial charge in [-0.1, -0.05) is 41.5 Å². The molecule has 2 N–H and O–H groups in total. The molecular formula is C18H16Cl2N4OS. The number of halogens is 2.